The van der Waals surface area contributed by atoms with Crippen LogP contribution in [0.3, 0.4) is 0 Å². The van der Waals surface area contributed by atoms with Crippen LogP contribution in [0.25, 0.3) is 0 Å². The summed E-state index contributed by atoms with van der Waals surface area (Å²) in [5, 5.41) is 8.53. The van der Waals surface area contributed by atoms with Crippen LogP contribution < -0.4 is 0 Å². The van der Waals surface area contributed by atoms with E-state index in [9.17, 15) is 14.4 Å². The van der Waals surface area contributed by atoms with Crippen molar-refractivity contribution in [2.75, 3.05) is 19.7 Å². The first kappa shape index (κ1) is 9.66. The maximum absolute atomic E-state index is 11.2. The fourth-order valence-electron chi connectivity index (χ4n) is 1.13. The fourth-order valence-corrected chi connectivity index (χ4v) is 1.13. The topological polar surface area (TPSA) is 77.9 Å². The maximum Gasteiger partial charge on any atom is 0.334 e. The highest BCUT2D eigenvalue weighted by molar-refractivity contribution is 6.44. The first-order valence-electron chi connectivity index (χ1n) is 3.91. The number of hydrogen-bond acceptors (Lipinski definition) is 4. The standard InChI is InChI=1S/C7H10N2O4/c1-2-8-5(11)6(12)9(3-4-10)7(8)13/h10H,2-4H2,1H3. The number of rotatable bonds is 3. The average Bonchev–Trinajstić information content (AvgIpc) is 2.31. The van der Waals surface area contributed by atoms with Crippen LogP contribution in [0.2, 0.25) is 0 Å². The molecule has 0 aromatic heterocycles. The number of amides is 4. The lowest BCUT2D eigenvalue weighted by molar-refractivity contribution is -0.143. The lowest BCUT2D eigenvalue weighted by Crippen LogP contribution is -2.35. The van der Waals surface area contributed by atoms with Crippen molar-refractivity contribution in [1.29, 1.82) is 0 Å². The van der Waals surface area contributed by atoms with Crippen molar-refractivity contribution in [1.82, 2.24) is 9.80 Å². The summed E-state index contributed by atoms with van der Waals surface area (Å²) in [4.78, 5) is 35.0. The Morgan fingerprint density at radius 1 is 1.15 bits per heavy atom. The predicted octanol–water partition coefficient (Wildman–Crippen LogP) is -1.21. The van der Waals surface area contributed by atoms with E-state index in [-0.39, 0.29) is 19.7 Å². The van der Waals surface area contributed by atoms with Gasteiger partial charge in [-0.25, -0.2) is 4.79 Å². The molecule has 0 aliphatic carbocycles. The molecule has 0 saturated carbocycles. The third kappa shape index (κ3) is 1.40. The van der Waals surface area contributed by atoms with Crippen LogP contribution >= 0.6 is 0 Å². The Bertz CT molecular complexity index is 263. The summed E-state index contributed by atoms with van der Waals surface area (Å²) in [6, 6.07) is -0.647. The number of carbonyl (C=O) groups excluding carboxylic acids is 3. The molecule has 1 aliphatic rings. The first-order chi connectivity index (χ1) is 6.13. The summed E-state index contributed by atoms with van der Waals surface area (Å²) >= 11 is 0. The number of nitrogens with zero attached hydrogens (tertiary/aromatic N) is 2. The van der Waals surface area contributed by atoms with E-state index in [1.807, 2.05) is 0 Å². The van der Waals surface area contributed by atoms with Crippen LogP contribution in [0.5, 0.6) is 0 Å². The zero-order chi connectivity index (χ0) is 10.0. The normalized spacial score (nSPS) is 17.5. The predicted molar refractivity (Wildman–Crippen MR) is 41.6 cm³/mol. The highest BCUT2D eigenvalue weighted by atomic mass is 16.3. The van der Waals surface area contributed by atoms with Gasteiger partial charge in [0.1, 0.15) is 0 Å². The molecule has 13 heavy (non-hydrogen) atoms. The Labute approximate surface area is 74.7 Å². The SMILES string of the molecule is CCN1C(=O)C(=O)N(CCO)C1=O. The number of likely N-dealkylation sites (N-methyl/N-ethyl adjacent to an activating group) is 1. The quantitative estimate of drug-likeness (QED) is 0.443. The summed E-state index contributed by atoms with van der Waals surface area (Å²) in [5.74, 6) is -1.68. The van der Waals surface area contributed by atoms with E-state index in [0.29, 0.717) is 0 Å². The Balaban J connectivity index is 2.85. The molecule has 0 radical (unpaired) electrons. The molecule has 72 valence electrons. The molecule has 0 unspecified atom stereocenters. The van der Waals surface area contributed by atoms with Gasteiger partial charge in [-0.05, 0) is 6.92 Å². The molecule has 0 aromatic rings. The van der Waals surface area contributed by atoms with Crippen molar-refractivity contribution >= 4 is 17.8 Å². The van der Waals surface area contributed by atoms with Crippen molar-refractivity contribution in [3.8, 4) is 0 Å². The molecular formula is C7H10N2O4. The second kappa shape index (κ2) is 3.53. The third-order valence-corrected chi connectivity index (χ3v) is 1.77. The average molecular weight is 186 g/mol. The molecule has 0 atom stereocenters. The van der Waals surface area contributed by atoms with Gasteiger partial charge in [0.25, 0.3) is 0 Å². The molecule has 1 saturated heterocycles. The molecule has 6 nitrogen and oxygen atoms in total. The van der Waals surface area contributed by atoms with Gasteiger partial charge in [0, 0.05) is 6.54 Å². The summed E-state index contributed by atoms with van der Waals surface area (Å²) in [6.07, 6.45) is 0. The molecular weight excluding hydrogens is 176 g/mol. The molecule has 6 heteroatoms. The molecule has 1 fully saturated rings. The van der Waals surface area contributed by atoms with Gasteiger partial charge in [0.15, 0.2) is 0 Å². The Morgan fingerprint density at radius 2 is 1.69 bits per heavy atom. The lowest BCUT2D eigenvalue weighted by atomic mass is 10.5. The Hall–Kier alpha value is -1.43. The van der Waals surface area contributed by atoms with E-state index < -0.39 is 17.8 Å². The van der Waals surface area contributed by atoms with E-state index in [1.54, 1.807) is 6.92 Å². The minimum Gasteiger partial charge on any atom is -0.395 e. The van der Waals surface area contributed by atoms with Gasteiger partial charge in [0.05, 0.1) is 13.2 Å². The largest absolute Gasteiger partial charge is 0.395 e. The van der Waals surface area contributed by atoms with E-state index in [4.69, 9.17) is 5.11 Å². The number of aliphatic hydroxyl groups excluding tert-OH is 1. The van der Waals surface area contributed by atoms with Crippen molar-refractivity contribution in [2.24, 2.45) is 0 Å². The fraction of sp³-hybridized carbons (Fsp3) is 0.571. The van der Waals surface area contributed by atoms with Gasteiger partial charge >= 0.3 is 17.8 Å². The highest BCUT2D eigenvalue weighted by Crippen LogP contribution is 2.10. The zero-order valence-corrected chi connectivity index (χ0v) is 7.19. The summed E-state index contributed by atoms with van der Waals surface area (Å²) in [7, 11) is 0. The number of β-amino-alcohol motifs (C(OH)–C–C–N with tert-alkyl or cyclic N) is 1. The second-order valence-corrected chi connectivity index (χ2v) is 2.51. The van der Waals surface area contributed by atoms with Crippen LogP contribution in [-0.4, -0.2) is 52.4 Å². The molecule has 0 aromatic carbocycles. The molecule has 1 rings (SSSR count). The maximum atomic E-state index is 11.2. The minimum absolute atomic E-state index is 0.125. The molecule has 1 N–H and O–H groups in total. The summed E-state index contributed by atoms with van der Waals surface area (Å²) < 4.78 is 0. The molecule has 4 amide bonds. The number of hydrogen-bond donors (Lipinski definition) is 1. The van der Waals surface area contributed by atoms with Crippen LogP contribution in [0.15, 0.2) is 0 Å². The number of urea groups is 1. The molecule has 0 bridgehead atoms. The number of carbonyl (C=O) groups is 3. The van der Waals surface area contributed by atoms with Gasteiger partial charge in [-0.2, -0.15) is 0 Å². The van der Waals surface area contributed by atoms with Crippen molar-refractivity contribution < 1.29 is 19.5 Å². The zero-order valence-electron chi connectivity index (χ0n) is 7.19. The molecule has 1 heterocycles. The van der Waals surface area contributed by atoms with Crippen LogP contribution in [-0.2, 0) is 9.59 Å². The second-order valence-electron chi connectivity index (χ2n) is 2.51. The summed E-state index contributed by atoms with van der Waals surface area (Å²) in [6.45, 7) is 1.32. The third-order valence-electron chi connectivity index (χ3n) is 1.77. The van der Waals surface area contributed by atoms with Gasteiger partial charge in [-0.15, -0.1) is 0 Å². The molecule has 1 aliphatic heterocycles. The van der Waals surface area contributed by atoms with E-state index in [1.165, 1.54) is 0 Å². The van der Waals surface area contributed by atoms with Crippen molar-refractivity contribution in [3.63, 3.8) is 0 Å². The van der Waals surface area contributed by atoms with Crippen LogP contribution in [0, 0.1) is 0 Å². The van der Waals surface area contributed by atoms with Gasteiger partial charge < -0.3 is 5.11 Å². The first-order valence-corrected chi connectivity index (χ1v) is 3.91. The van der Waals surface area contributed by atoms with E-state index in [0.717, 1.165) is 9.80 Å². The van der Waals surface area contributed by atoms with E-state index in [2.05, 4.69) is 0 Å². The van der Waals surface area contributed by atoms with Gasteiger partial charge in [-0.1, -0.05) is 0 Å². The Morgan fingerprint density at radius 3 is 2.08 bits per heavy atom. The number of imide groups is 2. The van der Waals surface area contributed by atoms with Crippen LogP contribution in [0.1, 0.15) is 6.92 Å². The van der Waals surface area contributed by atoms with E-state index >= 15 is 0 Å². The smallest absolute Gasteiger partial charge is 0.334 e. The Kier molecular flexibility index (Phi) is 2.62. The monoisotopic (exact) mass is 186 g/mol. The van der Waals surface area contributed by atoms with Crippen molar-refractivity contribution in [2.45, 2.75) is 6.92 Å². The minimum atomic E-state index is -0.860. The lowest BCUT2D eigenvalue weighted by Gasteiger charge is -2.11. The van der Waals surface area contributed by atoms with Gasteiger partial charge in [0.2, 0.25) is 0 Å². The molecule has 0 spiro atoms. The van der Waals surface area contributed by atoms with Crippen LogP contribution in [0.4, 0.5) is 4.79 Å². The summed E-state index contributed by atoms with van der Waals surface area (Å²) in [5.41, 5.74) is 0. The van der Waals surface area contributed by atoms with Gasteiger partial charge in [-0.3, -0.25) is 19.4 Å². The number of aliphatic hydroxyl groups is 1. The van der Waals surface area contributed by atoms with Crippen molar-refractivity contribution in [3.05, 3.63) is 0 Å². The highest BCUT2D eigenvalue weighted by Gasteiger charge is 2.42.